The molecule has 0 saturated carbocycles. The maximum atomic E-state index is 8.84. The van der Waals surface area contributed by atoms with Gasteiger partial charge in [0.1, 0.15) is 5.82 Å². The van der Waals surface area contributed by atoms with Gasteiger partial charge in [-0.3, -0.25) is 0 Å². The van der Waals surface area contributed by atoms with E-state index in [2.05, 4.69) is 26.7 Å². The minimum atomic E-state index is 0.476. The second-order valence-electron chi connectivity index (χ2n) is 5.17. The van der Waals surface area contributed by atoms with Crippen molar-refractivity contribution in [3.63, 3.8) is 0 Å². The molecule has 0 aliphatic carbocycles. The van der Waals surface area contributed by atoms with E-state index in [1.165, 1.54) is 0 Å². The Bertz CT molecular complexity index is 900. The van der Waals surface area contributed by atoms with Crippen LogP contribution in [0.5, 0.6) is 0 Å². The average molecular weight is 336 g/mol. The molecule has 0 amide bonds. The van der Waals surface area contributed by atoms with Crippen molar-refractivity contribution >= 4 is 34.7 Å². The minimum Gasteiger partial charge on any atom is -0.340 e. The summed E-state index contributed by atoms with van der Waals surface area (Å²) in [5.41, 5.74) is 3.10. The highest BCUT2D eigenvalue weighted by atomic mass is 35.5. The molecule has 0 aliphatic rings. The zero-order chi connectivity index (χ0) is 16.9. The molecule has 2 aromatic carbocycles. The molecule has 2 N–H and O–H groups in total. The van der Waals surface area contributed by atoms with E-state index in [0.29, 0.717) is 22.4 Å². The summed E-state index contributed by atoms with van der Waals surface area (Å²) in [6.45, 7) is 1.90. The zero-order valence-corrected chi connectivity index (χ0v) is 13.7. The summed E-state index contributed by atoms with van der Waals surface area (Å²) in [7, 11) is 0. The van der Waals surface area contributed by atoms with Crippen LogP contribution in [-0.2, 0) is 0 Å². The minimum absolute atomic E-state index is 0.476. The first-order valence-corrected chi connectivity index (χ1v) is 7.66. The lowest BCUT2D eigenvalue weighted by Gasteiger charge is -2.10. The van der Waals surface area contributed by atoms with Crippen molar-refractivity contribution in [2.75, 3.05) is 10.6 Å². The molecule has 0 fully saturated rings. The van der Waals surface area contributed by atoms with Crippen LogP contribution in [-0.4, -0.2) is 9.97 Å². The van der Waals surface area contributed by atoms with Crippen molar-refractivity contribution in [2.45, 2.75) is 6.92 Å². The van der Waals surface area contributed by atoms with Crippen molar-refractivity contribution in [1.82, 2.24) is 9.97 Å². The van der Waals surface area contributed by atoms with Crippen molar-refractivity contribution in [3.8, 4) is 6.07 Å². The maximum absolute atomic E-state index is 8.84. The number of hydrogen-bond acceptors (Lipinski definition) is 5. The Hall–Kier alpha value is -3.10. The fourth-order valence-electron chi connectivity index (χ4n) is 2.16. The first-order chi connectivity index (χ1) is 11.6. The summed E-state index contributed by atoms with van der Waals surface area (Å²) in [4.78, 5) is 8.83. The summed E-state index contributed by atoms with van der Waals surface area (Å²) in [5.74, 6) is 1.14. The highest BCUT2D eigenvalue weighted by molar-refractivity contribution is 6.30. The Kier molecular flexibility index (Phi) is 4.59. The predicted molar refractivity (Wildman–Crippen MR) is 95.9 cm³/mol. The molecule has 0 aliphatic heterocycles. The van der Waals surface area contributed by atoms with E-state index in [-0.39, 0.29) is 0 Å². The topological polar surface area (TPSA) is 73.6 Å². The van der Waals surface area contributed by atoms with Gasteiger partial charge in [-0.25, -0.2) is 4.98 Å². The lowest BCUT2D eigenvalue weighted by atomic mass is 10.2. The number of aromatic nitrogens is 2. The molecule has 0 unspecified atom stereocenters. The predicted octanol–water partition coefficient (Wildman–Crippen LogP) is 4.80. The van der Waals surface area contributed by atoms with Gasteiger partial charge in [0.05, 0.1) is 11.6 Å². The number of aryl methyl sites for hydroxylation is 1. The Labute approximate surface area is 145 Å². The lowest BCUT2D eigenvalue weighted by Crippen LogP contribution is -2.02. The van der Waals surface area contributed by atoms with Gasteiger partial charge in [-0.1, -0.05) is 17.7 Å². The van der Waals surface area contributed by atoms with Gasteiger partial charge in [-0.2, -0.15) is 10.2 Å². The van der Waals surface area contributed by atoms with E-state index < -0.39 is 0 Å². The molecular formula is C18H14ClN5. The third-order valence-corrected chi connectivity index (χ3v) is 3.46. The van der Waals surface area contributed by atoms with E-state index in [0.717, 1.165) is 17.1 Å². The standard InChI is InChI=1S/C18H14ClN5/c1-12-9-17(22-16-4-2-3-14(19)10-16)24-18(21-12)23-15-7-5-13(11-20)6-8-15/h2-10H,1H3,(H2,21,22,23,24). The first-order valence-electron chi connectivity index (χ1n) is 7.28. The van der Waals surface area contributed by atoms with E-state index in [4.69, 9.17) is 16.9 Å². The fourth-order valence-corrected chi connectivity index (χ4v) is 2.35. The van der Waals surface area contributed by atoms with Gasteiger partial charge in [0, 0.05) is 28.2 Å². The number of nitrogens with one attached hydrogen (secondary N) is 2. The number of nitriles is 1. The number of benzene rings is 2. The molecule has 3 rings (SSSR count). The average Bonchev–Trinajstić information content (AvgIpc) is 2.55. The highest BCUT2D eigenvalue weighted by Gasteiger charge is 2.04. The smallest absolute Gasteiger partial charge is 0.229 e. The molecule has 6 heteroatoms. The molecule has 3 aromatic rings. The molecule has 118 valence electrons. The summed E-state index contributed by atoms with van der Waals surface area (Å²) in [6.07, 6.45) is 0. The van der Waals surface area contributed by atoms with Gasteiger partial charge in [-0.15, -0.1) is 0 Å². The van der Waals surface area contributed by atoms with Crippen LogP contribution < -0.4 is 10.6 Å². The van der Waals surface area contributed by atoms with Crippen molar-refractivity contribution in [1.29, 1.82) is 5.26 Å². The zero-order valence-electron chi connectivity index (χ0n) is 12.9. The number of anilines is 4. The monoisotopic (exact) mass is 335 g/mol. The molecule has 0 spiro atoms. The summed E-state index contributed by atoms with van der Waals surface area (Å²) in [6, 6.07) is 18.5. The van der Waals surface area contributed by atoms with Crippen LogP contribution in [0.4, 0.5) is 23.1 Å². The Balaban J connectivity index is 1.81. The number of rotatable bonds is 4. The lowest BCUT2D eigenvalue weighted by molar-refractivity contribution is 1.11. The summed E-state index contributed by atoms with van der Waals surface area (Å²) < 4.78 is 0. The third kappa shape index (κ3) is 4.00. The van der Waals surface area contributed by atoms with Crippen LogP contribution in [0.2, 0.25) is 5.02 Å². The quantitative estimate of drug-likeness (QED) is 0.716. The molecule has 1 aromatic heterocycles. The number of halogens is 1. The fraction of sp³-hybridized carbons (Fsp3) is 0.0556. The van der Waals surface area contributed by atoms with E-state index >= 15 is 0 Å². The molecule has 5 nitrogen and oxygen atoms in total. The van der Waals surface area contributed by atoms with Crippen molar-refractivity contribution < 1.29 is 0 Å². The number of nitrogens with zero attached hydrogens (tertiary/aromatic N) is 3. The highest BCUT2D eigenvalue weighted by Crippen LogP contribution is 2.21. The van der Waals surface area contributed by atoms with Crippen LogP contribution >= 0.6 is 11.6 Å². The van der Waals surface area contributed by atoms with Crippen LogP contribution in [0.25, 0.3) is 0 Å². The third-order valence-electron chi connectivity index (χ3n) is 3.22. The van der Waals surface area contributed by atoms with Gasteiger partial charge < -0.3 is 10.6 Å². The van der Waals surface area contributed by atoms with Gasteiger partial charge >= 0.3 is 0 Å². The van der Waals surface area contributed by atoms with E-state index in [1.54, 1.807) is 12.1 Å². The van der Waals surface area contributed by atoms with Crippen LogP contribution in [0.3, 0.4) is 0 Å². The Morgan fingerprint density at radius 3 is 2.46 bits per heavy atom. The SMILES string of the molecule is Cc1cc(Nc2cccc(Cl)c2)nc(Nc2ccc(C#N)cc2)n1. The van der Waals surface area contributed by atoms with Gasteiger partial charge in [-0.05, 0) is 49.4 Å². The molecule has 0 atom stereocenters. The van der Waals surface area contributed by atoms with Crippen LogP contribution in [0.1, 0.15) is 11.3 Å². The molecule has 24 heavy (non-hydrogen) atoms. The van der Waals surface area contributed by atoms with Crippen LogP contribution in [0.15, 0.2) is 54.6 Å². The molecule has 0 saturated heterocycles. The second kappa shape index (κ2) is 6.99. The summed E-state index contributed by atoms with van der Waals surface area (Å²) in [5, 5.41) is 15.8. The van der Waals surface area contributed by atoms with E-state index in [9.17, 15) is 0 Å². The first kappa shape index (κ1) is 15.8. The van der Waals surface area contributed by atoms with Crippen LogP contribution in [0, 0.1) is 18.3 Å². The molecule has 0 bridgehead atoms. The molecule has 1 heterocycles. The van der Waals surface area contributed by atoms with Gasteiger partial charge in [0.15, 0.2) is 0 Å². The Morgan fingerprint density at radius 2 is 1.75 bits per heavy atom. The second-order valence-corrected chi connectivity index (χ2v) is 5.60. The van der Waals surface area contributed by atoms with E-state index in [1.807, 2.05) is 49.4 Å². The molecule has 0 radical (unpaired) electrons. The number of hydrogen-bond donors (Lipinski definition) is 2. The summed E-state index contributed by atoms with van der Waals surface area (Å²) >= 11 is 6.00. The van der Waals surface area contributed by atoms with Gasteiger partial charge in [0.2, 0.25) is 5.95 Å². The normalized spacial score (nSPS) is 10.0. The Morgan fingerprint density at radius 1 is 0.958 bits per heavy atom. The molecular weight excluding hydrogens is 322 g/mol. The van der Waals surface area contributed by atoms with Crippen molar-refractivity contribution in [2.24, 2.45) is 0 Å². The maximum Gasteiger partial charge on any atom is 0.229 e. The van der Waals surface area contributed by atoms with Gasteiger partial charge in [0.25, 0.3) is 0 Å². The largest absolute Gasteiger partial charge is 0.340 e. The van der Waals surface area contributed by atoms with Crippen molar-refractivity contribution in [3.05, 3.63) is 70.9 Å².